The number of hydrogen-bond donors (Lipinski definition) is 1. The fourth-order valence-corrected chi connectivity index (χ4v) is 2.05. The fraction of sp³-hybridized carbons (Fsp3) is 1.00. The second-order valence-corrected chi connectivity index (χ2v) is 4.39. The van der Waals surface area contributed by atoms with Crippen LogP contribution in [0.1, 0.15) is 6.92 Å². The predicted octanol–water partition coefficient (Wildman–Crippen LogP) is -0.0293. The topological polar surface area (TPSA) is 39.7 Å². The molecule has 0 aromatic carbocycles. The predicted molar refractivity (Wildman–Crippen MR) is 40.5 cm³/mol. The molecule has 1 N–H and O–H groups in total. The van der Waals surface area contributed by atoms with Crippen LogP contribution in [0.3, 0.4) is 0 Å². The Morgan fingerprint density at radius 3 is 1.60 bits per heavy atom. The van der Waals surface area contributed by atoms with E-state index in [9.17, 15) is 0 Å². The Bertz CT molecular complexity index is 78.7. The van der Waals surface area contributed by atoms with Crippen LogP contribution in [0.4, 0.5) is 0 Å². The van der Waals surface area contributed by atoms with Gasteiger partial charge >= 0.3 is 8.97 Å². The molecule has 0 radical (unpaired) electrons. The second kappa shape index (κ2) is 4.81. The van der Waals surface area contributed by atoms with Crippen molar-refractivity contribution in [3.63, 3.8) is 0 Å². The van der Waals surface area contributed by atoms with Gasteiger partial charge in [-0.25, -0.2) is 0 Å². The van der Waals surface area contributed by atoms with Gasteiger partial charge in [0.2, 0.25) is 0 Å². The lowest BCUT2D eigenvalue weighted by Crippen LogP contribution is -2.56. The summed E-state index contributed by atoms with van der Waals surface area (Å²) in [7, 11) is 2.25. The molecular weight excluding hydrogens is 150 g/mol. The van der Waals surface area contributed by atoms with Crippen LogP contribution in [0, 0.1) is 0 Å². The molecular formula is C5H15NO3Si. The lowest BCUT2D eigenvalue weighted by molar-refractivity contribution is 0.111. The van der Waals surface area contributed by atoms with E-state index in [1.807, 2.05) is 6.92 Å². The molecule has 0 saturated carbocycles. The maximum Gasteiger partial charge on any atom is 0.595 e. The zero-order valence-corrected chi connectivity index (χ0v) is 7.93. The third-order valence-electron chi connectivity index (χ3n) is 1.20. The lowest BCUT2D eigenvalue weighted by atomic mass is 10.8. The van der Waals surface area contributed by atoms with Crippen LogP contribution in [0.15, 0.2) is 0 Å². The number of hydrogen-bond acceptors (Lipinski definition) is 4. The van der Waals surface area contributed by atoms with E-state index < -0.39 is 8.97 Å². The molecule has 0 spiro atoms. The van der Waals surface area contributed by atoms with Gasteiger partial charge in [0, 0.05) is 21.3 Å². The third kappa shape index (κ3) is 2.35. The van der Waals surface area contributed by atoms with E-state index in [0.717, 1.165) is 6.54 Å². The number of nitrogens with one attached hydrogen (secondary N) is 1. The Hall–Kier alpha value is 0.0569. The molecule has 0 heterocycles. The summed E-state index contributed by atoms with van der Waals surface area (Å²) in [6.45, 7) is 2.75. The standard InChI is InChI=1S/C5H15NO3Si/c1-5-6-10(7-2,8-3)9-4/h6H,5H2,1-4H3. The quantitative estimate of drug-likeness (QED) is 0.581. The van der Waals surface area contributed by atoms with Crippen molar-refractivity contribution in [2.45, 2.75) is 6.92 Å². The van der Waals surface area contributed by atoms with Crippen molar-refractivity contribution < 1.29 is 13.3 Å². The second-order valence-electron chi connectivity index (χ2n) is 1.70. The molecule has 0 aliphatic carbocycles. The van der Waals surface area contributed by atoms with Crippen molar-refractivity contribution in [1.82, 2.24) is 4.98 Å². The molecule has 0 aromatic rings. The van der Waals surface area contributed by atoms with E-state index in [-0.39, 0.29) is 0 Å². The van der Waals surface area contributed by atoms with Crippen LogP contribution < -0.4 is 4.98 Å². The highest BCUT2D eigenvalue weighted by Gasteiger charge is 2.37. The fourth-order valence-electron chi connectivity index (χ4n) is 0.683. The summed E-state index contributed by atoms with van der Waals surface area (Å²) in [4.78, 5) is 3.02. The van der Waals surface area contributed by atoms with Crippen LogP contribution in [-0.2, 0) is 13.3 Å². The van der Waals surface area contributed by atoms with Crippen LogP contribution in [0.25, 0.3) is 0 Å². The molecule has 0 rings (SSSR count). The molecule has 5 heteroatoms. The van der Waals surface area contributed by atoms with Crippen molar-refractivity contribution in [3.05, 3.63) is 0 Å². The summed E-state index contributed by atoms with van der Waals surface area (Å²) < 4.78 is 15.2. The molecule has 0 amide bonds. The Morgan fingerprint density at radius 1 is 1.10 bits per heavy atom. The largest absolute Gasteiger partial charge is 0.595 e. The minimum atomic E-state index is -2.47. The lowest BCUT2D eigenvalue weighted by Gasteiger charge is -2.23. The third-order valence-corrected chi connectivity index (χ3v) is 3.60. The molecule has 4 nitrogen and oxygen atoms in total. The first-order valence-electron chi connectivity index (χ1n) is 3.15. The molecule has 0 saturated heterocycles. The summed E-state index contributed by atoms with van der Waals surface area (Å²) in [5.74, 6) is 0. The van der Waals surface area contributed by atoms with Crippen LogP contribution in [0.5, 0.6) is 0 Å². The molecule has 62 valence electrons. The van der Waals surface area contributed by atoms with Gasteiger partial charge in [0.1, 0.15) is 0 Å². The summed E-state index contributed by atoms with van der Waals surface area (Å²) >= 11 is 0. The summed E-state index contributed by atoms with van der Waals surface area (Å²) in [6.07, 6.45) is 0. The zero-order chi connectivity index (χ0) is 8.04. The van der Waals surface area contributed by atoms with Gasteiger partial charge in [0.25, 0.3) is 0 Å². The van der Waals surface area contributed by atoms with Gasteiger partial charge in [-0.2, -0.15) is 0 Å². The normalized spacial score (nSPS) is 12.0. The van der Waals surface area contributed by atoms with Crippen LogP contribution >= 0.6 is 0 Å². The van der Waals surface area contributed by atoms with E-state index in [0.29, 0.717) is 0 Å². The van der Waals surface area contributed by atoms with E-state index in [4.69, 9.17) is 13.3 Å². The molecule has 0 aliphatic rings. The molecule has 0 fully saturated rings. The summed E-state index contributed by atoms with van der Waals surface area (Å²) in [5.41, 5.74) is 0. The average molecular weight is 165 g/mol. The van der Waals surface area contributed by atoms with Gasteiger partial charge in [-0.1, -0.05) is 6.92 Å². The van der Waals surface area contributed by atoms with Gasteiger partial charge in [-0.15, -0.1) is 0 Å². The van der Waals surface area contributed by atoms with Crippen molar-refractivity contribution in [2.24, 2.45) is 0 Å². The van der Waals surface area contributed by atoms with Gasteiger partial charge in [-0.05, 0) is 6.54 Å². The van der Waals surface area contributed by atoms with Gasteiger partial charge in [0.15, 0.2) is 0 Å². The average Bonchev–Trinajstić information content (AvgIpc) is 2.01. The summed E-state index contributed by atoms with van der Waals surface area (Å²) in [5, 5.41) is 0. The Balaban J connectivity index is 3.87. The first-order chi connectivity index (χ1) is 4.74. The van der Waals surface area contributed by atoms with Crippen molar-refractivity contribution in [1.29, 1.82) is 0 Å². The van der Waals surface area contributed by atoms with Crippen molar-refractivity contribution >= 4 is 8.97 Å². The Labute approximate surface area is 62.9 Å². The van der Waals surface area contributed by atoms with E-state index >= 15 is 0 Å². The molecule has 0 aliphatic heterocycles. The Kier molecular flexibility index (Phi) is 4.84. The zero-order valence-electron chi connectivity index (χ0n) is 6.93. The highest BCUT2D eigenvalue weighted by atomic mass is 28.4. The minimum absolute atomic E-state index is 0.780. The van der Waals surface area contributed by atoms with Crippen molar-refractivity contribution in [3.8, 4) is 0 Å². The molecule has 0 aromatic heterocycles. The molecule has 0 unspecified atom stereocenters. The number of rotatable bonds is 5. The SMILES string of the molecule is CCN[Si](OC)(OC)OC. The van der Waals surface area contributed by atoms with Crippen LogP contribution in [-0.4, -0.2) is 36.8 Å². The van der Waals surface area contributed by atoms with Gasteiger partial charge in [0.05, 0.1) is 0 Å². The van der Waals surface area contributed by atoms with Gasteiger partial charge in [-0.3, -0.25) is 4.98 Å². The highest BCUT2D eigenvalue weighted by molar-refractivity contribution is 6.57. The maximum absolute atomic E-state index is 5.06. The highest BCUT2D eigenvalue weighted by Crippen LogP contribution is 1.99. The van der Waals surface area contributed by atoms with Crippen molar-refractivity contribution in [2.75, 3.05) is 27.9 Å². The van der Waals surface area contributed by atoms with E-state index in [1.54, 1.807) is 21.3 Å². The smallest absolute Gasteiger partial charge is 0.364 e. The van der Waals surface area contributed by atoms with Gasteiger partial charge < -0.3 is 13.3 Å². The molecule has 0 bridgehead atoms. The summed E-state index contributed by atoms with van der Waals surface area (Å²) in [6, 6.07) is 0. The monoisotopic (exact) mass is 165 g/mol. The minimum Gasteiger partial charge on any atom is -0.364 e. The Morgan fingerprint density at radius 2 is 1.50 bits per heavy atom. The molecule has 10 heavy (non-hydrogen) atoms. The first-order valence-corrected chi connectivity index (χ1v) is 4.87. The van der Waals surface area contributed by atoms with E-state index in [2.05, 4.69) is 4.98 Å². The first kappa shape index (κ1) is 10.1. The van der Waals surface area contributed by atoms with E-state index in [1.165, 1.54) is 0 Å². The van der Waals surface area contributed by atoms with Crippen LogP contribution in [0.2, 0.25) is 0 Å². The molecule has 0 atom stereocenters. The maximum atomic E-state index is 5.06.